The number of H-pyrrole nitrogens is 1. The first-order valence-corrected chi connectivity index (χ1v) is 22.1. The first-order valence-electron chi connectivity index (χ1n) is 19.6. The zero-order valence-corrected chi connectivity index (χ0v) is 35.7. The fourth-order valence-electron chi connectivity index (χ4n) is 6.39. The minimum Gasteiger partial charge on any atom is -0.481 e. The molecule has 22 nitrogen and oxygen atoms in total. The number of primary amides is 1. The van der Waals surface area contributed by atoms with Crippen molar-refractivity contribution in [1.82, 2.24) is 36.5 Å². The van der Waals surface area contributed by atoms with Gasteiger partial charge in [-0.3, -0.25) is 43.3 Å². The van der Waals surface area contributed by atoms with Crippen molar-refractivity contribution in [3.63, 3.8) is 0 Å². The molecule has 7 amide bonds. The van der Waals surface area contributed by atoms with Gasteiger partial charge in [0.25, 0.3) is 0 Å². The Bertz CT molecular complexity index is 2050. The minimum atomic E-state index is -5.08. The highest BCUT2D eigenvalue weighted by atomic mass is 33.1. The number of amides is 7. The van der Waals surface area contributed by atoms with E-state index in [1.54, 1.807) is 12.3 Å². The second-order valence-corrected chi connectivity index (χ2v) is 16.9. The summed E-state index contributed by atoms with van der Waals surface area (Å²) in [5, 5.41) is 30.2. The van der Waals surface area contributed by atoms with Crippen molar-refractivity contribution in [2.24, 2.45) is 22.2 Å². The van der Waals surface area contributed by atoms with E-state index in [2.05, 4.69) is 36.6 Å². The van der Waals surface area contributed by atoms with Gasteiger partial charge in [0.1, 0.15) is 30.2 Å². The van der Waals surface area contributed by atoms with Crippen LogP contribution in [0.3, 0.4) is 0 Å². The topological polar surface area (TPSA) is 364 Å². The van der Waals surface area contributed by atoms with Gasteiger partial charge < -0.3 is 63.9 Å². The Labute approximate surface area is 371 Å². The van der Waals surface area contributed by atoms with Crippen LogP contribution in [-0.2, 0) is 49.6 Å². The maximum atomic E-state index is 14.3. The molecule has 0 unspecified atom stereocenters. The number of carbonyl (C=O) groups is 9. The lowest BCUT2D eigenvalue weighted by molar-refractivity contribution is -0.192. The van der Waals surface area contributed by atoms with Crippen LogP contribution in [0.5, 0.6) is 0 Å². The van der Waals surface area contributed by atoms with E-state index in [1.165, 1.54) is 26.5 Å². The number of carboxylic acids is 2. The van der Waals surface area contributed by atoms with E-state index in [0.717, 1.165) is 10.9 Å². The highest BCUT2D eigenvalue weighted by molar-refractivity contribution is 8.76. The predicted octanol–water partition coefficient (Wildman–Crippen LogP) is -1.42. The number of halogens is 3. The van der Waals surface area contributed by atoms with Crippen LogP contribution in [0, 0.1) is 0 Å². The van der Waals surface area contributed by atoms with Crippen LogP contribution in [0.25, 0.3) is 10.9 Å². The molecule has 27 heteroatoms. The number of nitrogens with two attached hydrogens (primary N) is 3. The zero-order chi connectivity index (χ0) is 47.6. The lowest BCUT2D eigenvalue weighted by Gasteiger charge is -2.30. The number of fused-ring (bicyclic) bond motifs is 2. The third kappa shape index (κ3) is 17.1. The average molecular weight is 946 g/mol. The molecular formula is C37H50F3N11O11S2. The molecule has 2 aliphatic heterocycles. The van der Waals surface area contributed by atoms with Gasteiger partial charge in [-0.15, -0.1) is 0 Å². The monoisotopic (exact) mass is 945 g/mol. The first-order chi connectivity index (χ1) is 30.2. The van der Waals surface area contributed by atoms with E-state index in [1.807, 2.05) is 18.2 Å². The number of carbonyl (C=O) groups excluding carboxylic acids is 7. The third-order valence-corrected chi connectivity index (χ3v) is 11.9. The Morgan fingerprint density at radius 1 is 0.859 bits per heavy atom. The summed E-state index contributed by atoms with van der Waals surface area (Å²) in [4.78, 5) is 122. The molecule has 1 aromatic carbocycles. The molecule has 0 saturated carbocycles. The van der Waals surface area contributed by atoms with Crippen molar-refractivity contribution in [3.05, 3.63) is 36.0 Å². The maximum Gasteiger partial charge on any atom is 0.490 e. The number of benzene rings is 1. The number of nitrogens with zero attached hydrogens (tertiary/aromatic N) is 2. The van der Waals surface area contributed by atoms with Crippen LogP contribution < -0.4 is 43.8 Å². The van der Waals surface area contributed by atoms with E-state index in [-0.39, 0.29) is 56.2 Å². The summed E-state index contributed by atoms with van der Waals surface area (Å²) in [6.45, 7) is -0.233. The molecule has 14 N–H and O–H groups in total. The van der Waals surface area contributed by atoms with Crippen LogP contribution in [0.15, 0.2) is 35.5 Å². The standard InChI is InChI=1S/C35H49N11O9S2.C2HF3O2/c36-30(51)25-18-57-56-13-10-27(47)42-22(8-3-4-11-39-35(37)38)31(52)41-17-28(48)43-23(15-29(49)50)32(53)44-24(14-19-16-40-21-7-2-1-6-20(19)21)34(55)46-12-5-9-26(46)33(54)45-25;3-2(4,5)1(6)7/h1-2,6-7,16,22-26,40H,3-5,8-15,17-18H2,(H2,36,51)(H,41,52)(H,42,47)(H,43,48)(H,44,53)(H,45,54)(H,49,50)(H4,37,38,39);(H,6,7)/t22-,23+,24+,25+,26+;/m1./s1. The molecular weight excluding hydrogens is 896 g/mol. The van der Waals surface area contributed by atoms with Crippen molar-refractivity contribution >= 4 is 91.7 Å². The van der Waals surface area contributed by atoms with Crippen LogP contribution in [0.2, 0.25) is 0 Å². The highest BCUT2D eigenvalue weighted by Crippen LogP contribution is 2.25. The number of para-hydroxylation sites is 1. The van der Waals surface area contributed by atoms with Crippen LogP contribution >= 0.6 is 21.6 Å². The van der Waals surface area contributed by atoms with Gasteiger partial charge in [-0.25, -0.2) is 4.79 Å². The Balaban J connectivity index is 0.00000143. The molecule has 2 aliphatic rings. The second-order valence-electron chi connectivity index (χ2n) is 14.3. The Morgan fingerprint density at radius 3 is 2.20 bits per heavy atom. The van der Waals surface area contributed by atoms with Crippen molar-refractivity contribution in [2.75, 3.05) is 31.1 Å². The summed E-state index contributed by atoms with van der Waals surface area (Å²) < 4.78 is 31.7. The molecule has 5 atom stereocenters. The van der Waals surface area contributed by atoms with E-state index >= 15 is 0 Å². The number of nitrogens with one attached hydrogen (secondary N) is 6. The lowest BCUT2D eigenvalue weighted by Crippen LogP contribution is -2.59. The number of rotatable bonds is 10. The molecule has 2 saturated heterocycles. The maximum absolute atomic E-state index is 14.3. The molecule has 352 valence electrons. The molecule has 0 spiro atoms. The van der Waals surface area contributed by atoms with Gasteiger partial charge in [-0.1, -0.05) is 39.8 Å². The highest BCUT2D eigenvalue weighted by Gasteiger charge is 2.40. The van der Waals surface area contributed by atoms with Crippen molar-refractivity contribution in [2.45, 2.75) is 87.8 Å². The van der Waals surface area contributed by atoms with Crippen LogP contribution in [-0.4, -0.2) is 147 Å². The van der Waals surface area contributed by atoms with Crippen LogP contribution in [0.4, 0.5) is 13.2 Å². The average Bonchev–Trinajstić information content (AvgIpc) is 3.88. The summed E-state index contributed by atoms with van der Waals surface area (Å²) in [7, 11) is 2.45. The van der Waals surface area contributed by atoms with E-state index in [4.69, 9.17) is 27.1 Å². The SMILES string of the molecule is NC(=O)[C@@H]1CSSCCC(=O)N[C@H](CCCCN=C(N)N)C(=O)NCC(=O)N[C@@H](CC(=O)O)C(=O)N[C@@H](Cc2c[nH]c3ccccc23)C(=O)N2CCC[C@H]2C(=O)N1.O=C(O)C(F)(F)F. The van der Waals surface area contributed by atoms with E-state index in [0.29, 0.717) is 24.8 Å². The van der Waals surface area contributed by atoms with Crippen molar-refractivity contribution in [1.29, 1.82) is 0 Å². The number of guanidine groups is 1. The first kappa shape index (κ1) is 52.1. The smallest absolute Gasteiger partial charge is 0.481 e. The summed E-state index contributed by atoms with van der Waals surface area (Å²) >= 11 is 0. The third-order valence-electron chi connectivity index (χ3n) is 9.49. The normalized spacial score (nSPS) is 22.3. The molecule has 1 aromatic heterocycles. The number of alkyl halides is 3. The summed E-state index contributed by atoms with van der Waals surface area (Å²) in [6.07, 6.45) is -2.60. The van der Waals surface area contributed by atoms with Gasteiger partial charge in [0, 0.05) is 54.5 Å². The fraction of sp³-hybridized carbons (Fsp3) is 0.514. The number of aromatic amines is 1. The number of hydrogen-bond acceptors (Lipinski definition) is 12. The van der Waals surface area contributed by atoms with Gasteiger partial charge >= 0.3 is 18.1 Å². The second kappa shape index (κ2) is 25.1. The lowest BCUT2D eigenvalue weighted by atomic mass is 10.0. The van der Waals surface area contributed by atoms with Crippen molar-refractivity contribution < 1.29 is 66.5 Å². The minimum absolute atomic E-state index is 0.0195. The number of carboxylic acid groups (broad SMARTS) is 2. The number of aliphatic imine (C=N–C) groups is 1. The molecule has 4 rings (SSSR count). The van der Waals surface area contributed by atoms with Crippen LogP contribution in [0.1, 0.15) is 50.5 Å². The van der Waals surface area contributed by atoms with Gasteiger partial charge in [0.05, 0.1) is 13.0 Å². The van der Waals surface area contributed by atoms with E-state index < -0.39 is 103 Å². The Hall–Kier alpha value is -6.25. The molecule has 0 aliphatic carbocycles. The largest absolute Gasteiger partial charge is 0.490 e. The molecule has 64 heavy (non-hydrogen) atoms. The quantitative estimate of drug-likeness (QED) is 0.0564. The molecule has 3 heterocycles. The summed E-state index contributed by atoms with van der Waals surface area (Å²) in [5.41, 5.74) is 17.8. The molecule has 2 aromatic rings. The number of hydrogen-bond donors (Lipinski definition) is 11. The molecule has 0 radical (unpaired) electrons. The number of unbranched alkanes of at least 4 members (excludes halogenated alkanes) is 1. The fourth-order valence-corrected chi connectivity index (χ4v) is 8.56. The van der Waals surface area contributed by atoms with Gasteiger partial charge in [0.2, 0.25) is 41.4 Å². The van der Waals surface area contributed by atoms with Gasteiger partial charge in [-0.05, 0) is 43.7 Å². The number of aliphatic carboxylic acids is 2. The summed E-state index contributed by atoms with van der Waals surface area (Å²) in [5.74, 6) is -9.11. The van der Waals surface area contributed by atoms with Gasteiger partial charge in [0.15, 0.2) is 5.96 Å². The molecule has 0 bridgehead atoms. The number of aromatic nitrogens is 1. The summed E-state index contributed by atoms with van der Waals surface area (Å²) in [6, 6.07) is 1.07. The van der Waals surface area contributed by atoms with E-state index in [9.17, 15) is 56.6 Å². The van der Waals surface area contributed by atoms with Crippen molar-refractivity contribution in [3.8, 4) is 0 Å². The Morgan fingerprint density at radius 2 is 1.55 bits per heavy atom. The van der Waals surface area contributed by atoms with Gasteiger partial charge in [-0.2, -0.15) is 13.2 Å². The molecule has 2 fully saturated rings. The zero-order valence-electron chi connectivity index (χ0n) is 34.1. The predicted molar refractivity (Wildman–Crippen MR) is 227 cm³/mol. The Kier molecular flexibility index (Phi) is 20.5.